The van der Waals surface area contributed by atoms with Crippen molar-refractivity contribution in [3.63, 3.8) is 0 Å². The summed E-state index contributed by atoms with van der Waals surface area (Å²) in [6.45, 7) is 7.80. The summed E-state index contributed by atoms with van der Waals surface area (Å²) in [4.78, 5) is 2.71. The predicted molar refractivity (Wildman–Crippen MR) is 119 cm³/mol. The molecule has 0 saturated heterocycles. The summed E-state index contributed by atoms with van der Waals surface area (Å²) in [6.07, 6.45) is 2.51. The molecule has 0 heterocycles. The molecule has 3 aromatic rings. The standard InChI is InChI=1S/C27H31N/c1-4-28(26-18-25(19-26)24-16-20(2)15-21(3)17-24)27(22-11-7-5-8-12-22)23-13-9-6-10-14-23/h5-17,25-27H,4,18-19H2,1-3H3/t25-,26+. The molecule has 4 rings (SSSR count). The van der Waals surface area contributed by atoms with Gasteiger partial charge < -0.3 is 0 Å². The van der Waals surface area contributed by atoms with E-state index in [1.54, 1.807) is 0 Å². The highest BCUT2D eigenvalue weighted by atomic mass is 15.2. The molecule has 0 N–H and O–H groups in total. The quantitative estimate of drug-likeness (QED) is 0.469. The Morgan fingerprint density at radius 3 is 1.75 bits per heavy atom. The van der Waals surface area contributed by atoms with Gasteiger partial charge in [0, 0.05) is 6.04 Å². The second-order valence-electron chi connectivity index (χ2n) is 8.30. The number of nitrogens with zero attached hydrogens (tertiary/aromatic N) is 1. The molecule has 1 fully saturated rings. The summed E-state index contributed by atoms with van der Waals surface area (Å²) in [5.74, 6) is 0.699. The van der Waals surface area contributed by atoms with Crippen LogP contribution in [0.5, 0.6) is 0 Å². The molecule has 1 aliphatic rings. The van der Waals surface area contributed by atoms with Gasteiger partial charge in [0.05, 0.1) is 6.04 Å². The van der Waals surface area contributed by atoms with E-state index >= 15 is 0 Å². The van der Waals surface area contributed by atoms with E-state index in [4.69, 9.17) is 0 Å². The Labute approximate surface area is 170 Å². The average molecular weight is 370 g/mol. The van der Waals surface area contributed by atoms with Crippen molar-refractivity contribution in [3.05, 3.63) is 107 Å². The summed E-state index contributed by atoms with van der Waals surface area (Å²) in [5.41, 5.74) is 7.09. The highest BCUT2D eigenvalue weighted by Gasteiger charge is 2.37. The van der Waals surface area contributed by atoms with E-state index in [0.717, 1.165) is 6.54 Å². The first-order valence-corrected chi connectivity index (χ1v) is 10.6. The summed E-state index contributed by atoms with van der Waals surface area (Å²) < 4.78 is 0. The van der Waals surface area contributed by atoms with Gasteiger partial charge in [-0.05, 0) is 55.8 Å². The van der Waals surface area contributed by atoms with Gasteiger partial charge in [-0.25, -0.2) is 0 Å². The number of hydrogen-bond donors (Lipinski definition) is 0. The Kier molecular flexibility index (Phi) is 5.64. The van der Waals surface area contributed by atoms with E-state index in [1.165, 1.54) is 40.7 Å². The van der Waals surface area contributed by atoms with Crippen molar-refractivity contribution in [2.24, 2.45) is 0 Å². The van der Waals surface area contributed by atoms with Gasteiger partial charge in [0.2, 0.25) is 0 Å². The molecule has 1 heteroatoms. The van der Waals surface area contributed by atoms with E-state index in [1.807, 2.05) is 0 Å². The normalized spacial score (nSPS) is 19.0. The van der Waals surface area contributed by atoms with Crippen LogP contribution in [0.1, 0.15) is 59.5 Å². The van der Waals surface area contributed by atoms with Crippen molar-refractivity contribution < 1.29 is 0 Å². The second-order valence-corrected chi connectivity index (χ2v) is 8.30. The van der Waals surface area contributed by atoms with Crippen LogP contribution < -0.4 is 0 Å². The average Bonchev–Trinajstić information content (AvgIpc) is 2.67. The van der Waals surface area contributed by atoms with Crippen LogP contribution in [-0.4, -0.2) is 17.5 Å². The Hall–Kier alpha value is -2.38. The molecule has 0 atom stereocenters. The van der Waals surface area contributed by atoms with Gasteiger partial charge >= 0.3 is 0 Å². The zero-order valence-corrected chi connectivity index (χ0v) is 17.3. The van der Waals surface area contributed by atoms with Crippen molar-refractivity contribution >= 4 is 0 Å². The first kappa shape index (κ1) is 19.0. The van der Waals surface area contributed by atoms with Crippen molar-refractivity contribution in [3.8, 4) is 0 Å². The summed E-state index contributed by atoms with van der Waals surface area (Å²) in [6, 6.07) is 30.0. The highest BCUT2D eigenvalue weighted by molar-refractivity contribution is 5.35. The molecule has 0 bridgehead atoms. The van der Waals surface area contributed by atoms with E-state index in [2.05, 4.69) is 105 Å². The molecule has 0 spiro atoms. The first-order valence-electron chi connectivity index (χ1n) is 10.6. The molecular formula is C27H31N. The minimum atomic E-state index is 0.331. The maximum atomic E-state index is 2.71. The third-order valence-corrected chi connectivity index (χ3v) is 6.23. The van der Waals surface area contributed by atoms with Gasteiger partial charge in [0.1, 0.15) is 0 Å². The molecule has 1 saturated carbocycles. The van der Waals surface area contributed by atoms with Crippen molar-refractivity contribution in [1.82, 2.24) is 4.90 Å². The van der Waals surface area contributed by atoms with Crippen molar-refractivity contribution in [2.45, 2.75) is 51.6 Å². The second kappa shape index (κ2) is 8.32. The van der Waals surface area contributed by atoms with Gasteiger partial charge in [-0.15, -0.1) is 0 Å². The summed E-state index contributed by atoms with van der Waals surface area (Å²) in [5, 5.41) is 0. The smallest absolute Gasteiger partial charge is 0.0604 e. The fraction of sp³-hybridized carbons (Fsp3) is 0.333. The van der Waals surface area contributed by atoms with Gasteiger partial charge in [-0.1, -0.05) is 96.9 Å². The third kappa shape index (κ3) is 3.91. The van der Waals surface area contributed by atoms with Crippen LogP contribution in [0.15, 0.2) is 78.9 Å². The predicted octanol–water partition coefficient (Wildman–Crippen LogP) is 6.66. The number of benzene rings is 3. The zero-order chi connectivity index (χ0) is 19.5. The first-order chi connectivity index (χ1) is 13.7. The molecule has 0 amide bonds. The molecule has 0 aliphatic heterocycles. The number of rotatable bonds is 6. The lowest BCUT2D eigenvalue weighted by molar-refractivity contribution is 0.0855. The van der Waals surface area contributed by atoms with Gasteiger partial charge in [-0.3, -0.25) is 4.90 Å². The van der Waals surface area contributed by atoms with Crippen molar-refractivity contribution in [1.29, 1.82) is 0 Å². The van der Waals surface area contributed by atoms with Crippen LogP contribution in [0.25, 0.3) is 0 Å². The lowest BCUT2D eigenvalue weighted by Crippen LogP contribution is -2.46. The number of aryl methyl sites for hydroxylation is 2. The Balaban J connectivity index is 1.58. The third-order valence-electron chi connectivity index (χ3n) is 6.23. The fourth-order valence-corrected chi connectivity index (χ4v) is 4.87. The molecule has 0 unspecified atom stereocenters. The minimum Gasteiger partial charge on any atom is -0.290 e. The Bertz CT molecular complexity index is 834. The van der Waals surface area contributed by atoms with Gasteiger partial charge in [0.15, 0.2) is 0 Å². The molecule has 3 aromatic carbocycles. The zero-order valence-electron chi connectivity index (χ0n) is 17.3. The van der Waals surface area contributed by atoms with E-state index in [0.29, 0.717) is 18.0 Å². The molecular weight excluding hydrogens is 338 g/mol. The topological polar surface area (TPSA) is 3.24 Å². The molecule has 1 nitrogen and oxygen atoms in total. The van der Waals surface area contributed by atoms with Crippen LogP contribution in [0.4, 0.5) is 0 Å². The maximum Gasteiger partial charge on any atom is 0.0604 e. The van der Waals surface area contributed by atoms with E-state index in [-0.39, 0.29) is 0 Å². The van der Waals surface area contributed by atoms with Gasteiger partial charge in [0.25, 0.3) is 0 Å². The van der Waals surface area contributed by atoms with E-state index < -0.39 is 0 Å². The van der Waals surface area contributed by atoms with Crippen LogP contribution in [0.3, 0.4) is 0 Å². The molecule has 0 aromatic heterocycles. The molecule has 144 valence electrons. The highest BCUT2D eigenvalue weighted by Crippen LogP contribution is 2.44. The SMILES string of the molecule is CCN(C(c1ccccc1)c1ccccc1)[C@H]1C[C@@H](c2cc(C)cc(C)c2)C1. The van der Waals surface area contributed by atoms with Crippen LogP contribution in [0, 0.1) is 13.8 Å². The lowest BCUT2D eigenvalue weighted by Gasteiger charge is -2.47. The minimum absolute atomic E-state index is 0.331. The van der Waals surface area contributed by atoms with Crippen LogP contribution >= 0.6 is 0 Å². The lowest BCUT2D eigenvalue weighted by atomic mass is 9.73. The summed E-state index contributed by atoms with van der Waals surface area (Å²) in [7, 11) is 0. The van der Waals surface area contributed by atoms with E-state index in [9.17, 15) is 0 Å². The molecule has 1 aliphatic carbocycles. The molecule has 28 heavy (non-hydrogen) atoms. The Morgan fingerprint density at radius 1 is 0.786 bits per heavy atom. The van der Waals surface area contributed by atoms with Gasteiger partial charge in [-0.2, -0.15) is 0 Å². The van der Waals surface area contributed by atoms with Crippen molar-refractivity contribution in [2.75, 3.05) is 6.54 Å². The molecule has 0 radical (unpaired) electrons. The maximum absolute atomic E-state index is 2.71. The fourth-order valence-electron chi connectivity index (χ4n) is 4.87. The van der Waals surface area contributed by atoms with Crippen LogP contribution in [0.2, 0.25) is 0 Å². The van der Waals surface area contributed by atoms with Crippen LogP contribution in [-0.2, 0) is 0 Å². The summed E-state index contributed by atoms with van der Waals surface area (Å²) >= 11 is 0. The largest absolute Gasteiger partial charge is 0.290 e. The number of hydrogen-bond acceptors (Lipinski definition) is 1. The Morgan fingerprint density at radius 2 is 1.29 bits per heavy atom. The monoisotopic (exact) mass is 369 g/mol.